The Balaban J connectivity index is 2.06. The number of ether oxygens (including phenoxy) is 1. The van der Waals surface area contributed by atoms with E-state index in [1.807, 2.05) is 0 Å². The van der Waals surface area contributed by atoms with Gasteiger partial charge in [0.1, 0.15) is 0 Å². The summed E-state index contributed by atoms with van der Waals surface area (Å²) in [5, 5.41) is 0. The zero-order valence-electron chi connectivity index (χ0n) is 14.1. The van der Waals surface area contributed by atoms with Crippen molar-refractivity contribution < 1.29 is 13.6 Å². The van der Waals surface area contributed by atoms with E-state index in [-0.39, 0.29) is 6.10 Å². The molecule has 0 saturated carbocycles. The largest absolute Gasteiger partial charge is 0.398 e. The fourth-order valence-electron chi connectivity index (χ4n) is 2.88. The molecule has 0 spiro atoms. The standard InChI is InChI=1S/C17H29NO3Si/c1-4-11-18(16-9-6-5-7-10-16)14-17-15-20-12-8-13-22(3,19-2)21-17/h5-7,9-10,17H,4,8,11-15H2,1-3H3. The van der Waals surface area contributed by atoms with Gasteiger partial charge in [0.15, 0.2) is 0 Å². The van der Waals surface area contributed by atoms with Crippen LogP contribution in [-0.4, -0.2) is 48.1 Å². The highest BCUT2D eigenvalue weighted by Gasteiger charge is 2.35. The van der Waals surface area contributed by atoms with Gasteiger partial charge < -0.3 is 18.5 Å². The molecule has 2 atom stereocenters. The number of para-hydroxylation sites is 1. The zero-order chi connectivity index (χ0) is 15.8. The number of hydrogen-bond acceptors (Lipinski definition) is 4. The molecular weight excluding hydrogens is 294 g/mol. The van der Waals surface area contributed by atoms with E-state index in [4.69, 9.17) is 13.6 Å². The highest BCUT2D eigenvalue weighted by Crippen LogP contribution is 2.22. The molecule has 5 heteroatoms. The first-order chi connectivity index (χ1) is 10.7. The average Bonchev–Trinajstić information content (AvgIpc) is 2.52. The van der Waals surface area contributed by atoms with Crippen molar-refractivity contribution in [2.24, 2.45) is 0 Å². The van der Waals surface area contributed by atoms with Crippen molar-refractivity contribution in [3.63, 3.8) is 0 Å². The van der Waals surface area contributed by atoms with Gasteiger partial charge in [0, 0.05) is 32.5 Å². The molecule has 1 aromatic rings. The Morgan fingerprint density at radius 3 is 2.77 bits per heavy atom. The van der Waals surface area contributed by atoms with E-state index < -0.39 is 8.56 Å². The van der Waals surface area contributed by atoms with E-state index in [1.54, 1.807) is 7.11 Å². The van der Waals surface area contributed by atoms with Gasteiger partial charge in [-0.2, -0.15) is 0 Å². The van der Waals surface area contributed by atoms with Crippen LogP contribution in [0.15, 0.2) is 30.3 Å². The minimum absolute atomic E-state index is 0.0728. The van der Waals surface area contributed by atoms with Crippen LogP contribution in [0.1, 0.15) is 19.8 Å². The molecule has 0 radical (unpaired) electrons. The molecule has 1 aromatic carbocycles. The molecule has 1 heterocycles. The zero-order valence-corrected chi connectivity index (χ0v) is 15.1. The SMILES string of the molecule is CCCN(CC1COCCC[Si](C)(OC)O1)c1ccccc1. The molecule has 2 rings (SSSR count). The fourth-order valence-corrected chi connectivity index (χ4v) is 4.93. The van der Waals surface area contributed by atoms with Crippen LogP contribution >= 0.6 is 0 Å². The maximum Gasteiger partial charge on any atom is 0.335 e. The number of anilines is 1. The normalized spacial score (nSPS) is 26.2. The van der Waals surface area contributed by atoms with Gasteiger partial charge >= 0.3 is 8.56 Å². The topological polar surface area (TPSA) is 30.9 Å². The van der Waals surface area contributed by atoms with Gasteiger partial charge in [-0.05, 0) is 37.6 Å². The second-order valence-electron chi connectivity index (χ2n) is 6.04. The minimum Gasteiger partial charge on any atom is -0.398 e. The van der Waals surface area contributed by atoms with Crippen molar-refractivity contribution in [1.29, 1.82) is 0 Å². The van der Waals surface area contributed by atoms with Crippen molar-refractivity contribution in [1.82, 2.24) is 0 Å². The van der Waals surface area contributed by atoms with Crippen molar-refractivity contribution in [2.75, 3.05) is 38.3 Å². The van der Waals surface area contributed by atoms with Gasteiger partial charge in [0.2, 0.25) is 0 Å². The van der Waals surface area contributed by atoms with Crippen LogP contribution in [0.4, 0.5) is 5.69 Å². The lowest BCUT2D eigenvalue weighted by molar-refractivity contribution is 0.0209. The molecule has 0 N–H and O–H groups in total. The predicted molar refractivity (Wildman–Crippen MR) is 92.7 cm³/mol. The summed E-state index contributed by atoms with van der Waals surface area (Å²) in [5.74, 6) is 0. The van der Waals surface area contributed by atoms with E-state index in [2.05, 4.69) is 48.7 Å². The molecule has 1 aliphatic rings. The maximum atomic E-state index is 6.38. The van der Waals surface area contributed by atoms with Crippen LogP contribution in [0.25, 0.3) is 0 Å². The van der Waals surface area contributed by atoms with Crippen molar-refractivity contribution in [3.8, 4) is 0 Å². The van der Waals surface area contributed by atoms with Gasteiger partial charge in [-0.3, -0.25) is 0 Å². The van der Waals surface area contributed by atoms with Gasteiger partial charge in [-0.25, -0.2) is 0 Å². The Labute approximate surface area is 135 Å². The highest BCUT2D eigenvalue weighted by atomic mass is 28.4. The quantitative estimate of drug-likeness (QED) is 0.751. The van der Waals surface area contributed by atoms with Crippen molar-refractivity contribution >= 4 is 14.2 Å². The number of hydrogen-bond donors (Lipinski definition) is 0. The fraction of sp³-hybridized carbons (Fsp3) is 0.647. The van der Waals surface area contributed by atoms with E-state index >= 15 is 0 Å². The number of rotatable bonds is 6. The molecule has 4 nitrogen and oxygen atoms in total. The molecule has 0 amide bonds. The molecule has 1 saturated heterocycles. The van der Waals surface area contributed by atoms with Gasteiger partial charge in [0.05, 0.1) is 12.7 Å². The lowest BCUT2D eigenvalue weighted by atomic mass is 10.2. The predicted octanol–water partition coefficient (Wildman–Crippen LogP) is 3.43. The molecule has 1 aliphatic heterocycles. The summed E-state index contributed by atoms with van der Waals surface area (Å²) in [4.78, 5) is 2.39. The Kier molecular flexibility index (Phi) is 6.89. The lowest BCUT2D eigenvalue weighted by Gasteiger charge is -2.36. The average molecular weight is 324 g/mol. The lowest BCUT2D eigenvalue weighted by Crippen LogP contribution is -2.48. The Hall–Kier alpha value is -0.883. The third kappa shape index (κ3) is 5.09. The van der Waals surface area contributed by atoms with Crippen LogP contribution in [0, 0.1) is 0 Å². The van der Waals surface area contributed by atoms with Gasteiger partial charge in [0.25, 0.3) is 0 Å². The summed E-state index contributed by atoms with van der Waals surface area (Å²) >= 11 is 0. The first kappa shape index (κ1) is 17.5. The smallest absolute Gasteiger partial charge is 0.335 e. The summed E-state index contributed by atoms with van der Waals surface area (Å²) < 4.78 is 17.9. The first-order valence-electron chi connectivity index (χ1n) is 8.27. The van der Waals surface area contributed by atoms with E-state index in [0.717, 1.165) is 38.6 Å². The van der Waals surface area contributed by atoms with E-state index in [1.165, 1.54) is 5.69 Å². The van der Waals surface area contributed by atoms with Crippen molar-refractivity contribution in [3.05, 3.63) is 30.3 Å². The van der Waals surface area contributed by atoms with Crippen LogP contribution in [-0.2, 0) is 13.6 Å². The second-order valence-corrected chi connectivity index (χ2v) is 9.45. The summed E-state index contributed by atoms with van der Waals surface area (Å²) in [6.07, 6.45) is 2.21. The summed E-state index contributed by atoms with van der Waals surface area (Å²) in [6.45, 7) is 7.71. The second kappa shape index (κ2) is 8.67. The molecule has 0 aliphatic carbocycles. The van der Waals surface area contributed by atoms with Crippen molar-refractivity contribution in [2.45, 2.75) is 38.5 Å². The Morgan fingerprint density at radius 1 is 1.32 bits per heavy atom. The van der Waals surface area contributed by atoms with E-state index in [9.17, 15) is 0 Å². The maximum absolute atomic E-state index is 6.38. The first-order valence-corrected chi connectivity index (χ1v) is 10.8. The minimum atomic E-state index is -2.05. The van der Waals surface area contributed by atoms with Crippen LogP contribution in [0.5, 0.6) is 0 Å². The monoisotopic (exact) mass is 323 g/mol. The molecule has 2 unspecified atom stereocenters. The molecule has 124 valence electrons. The number of benzene rings is 1. The third-order valence-electron chi connectivity index (χ3n) is 4.11. The van der Waals surface area contributed by atoms with Crippen LogP contribution in [0.2, 0.25) is 12.6 Å². The molecule has 22 heavy (non-hydrogen) atoms. The van der Waals surface area contributed by atoms with Crippen LogP contribution < -0.4 is 4.90 Å². The van der Waals surface area contributed by atoms with Crippen LogP contribution in [0.3, 0.4) is 0 Å². The van der Waals surface area contributed by atoms with Gasteiger partial charge in [-0.15, -0.1) is 0 Å². The molecule has 0 aromatic heterocycles. The number of nitrogens with zero attached hydrogens (tertiary/aromatic N) is 1. The summed E-state index contributed by atoms with van der Waals surface area (Å²) in [6, 6.07) is 11.5. The summed E-state index contributed by atoms with van der Waals surface area (Å²) in [7, 11) is -0.269. The Bertz CT molecular complexity index is 431. The third-order valence-corrected chi connectivity index (χ3v) is 7.07. The summed E-state index contributed by atoms with van der Waals surface area (Å²) in [5.41, 5.74) is 1.25. The molecule has 1 fully saturated rings. The Morgan fingerprint density at radius 2 is 2.09 bits per heavy atom. The molecular formula is C17H29NO3Si. The van der Waals surface area contributed by atoms with Gasteiger partial charge in [-0.1, -0.05) is 25.1 Å². The highest BCUT2D eigenvalue weighted by molar-refractivity contribution is 6.66. The molecule has 0 bridgehead atoms. The van der Waals surface area contributed by atoms with E-state index in [0.29, 0.717) is 6.61 Å².